The summed E-state index contributed by atoms with van der Waals surface area (Å²) >= 11 is 0. The first-order chi connectivity index (χ1) is 5.57. The Morgan fingerprint density at radius 3 is 2.50 bits per heavy atom. The molecule has 0 aliphatic rings. The van der Waals surface area contributed by atoms with Crippen LogP contribution in [0.1, 0.15) is 33.6 Å². The van der Waals surface area contributed by atoms with Gasteiger partial charge >= 0.3 is 5.97 Å². The lowest BCUT2D eigenvalue weighted by Gasteiger charge is -2.09. The van der Waals surface area contributed by atoms with E-state index in [-0.39, 0.29) is 5.97 Å². The van der Waals surface area contributed by atoms with E-state index in [1.54, 1.807) is 0 Å². The van der Waals surface area contributed by atoms with Crippen molar-refractivity contribution in [3.05, 3.63) is 0 Å². The van der Waals surface area contributed by atoms with Crippen LogP contribution in [-0.4, -0.2) is 18.6 Å². The fraction of sp³-hybridized carbons (Fsp3) is 0.889. The lowest BCUT2D eigenvalue weighted by Crippen LogP contribution is -2.31. The van der Waals surface area contributed by atoms with Gasteiger partial charge in [0, 0.05) is 0 Å². The van der Waals surface area contributed by atoms with Gasteiger partial charge < -0.3 is 10.5 Å². The zero-order chi connectivity index (χ0) is 9.56. The first kappa shape index (κ1) is 11.4. The van der Waals surface area contributed by atoms with E-state index in [4.69, 9.17) is 10.5 Å². The van der Waals surface area contributed by atoms with E-state index in [9.17, 15) is 4.79 Å². The minimum atomic E-state index is -0.447. The third-order valence-corrected chi connectivity index (χ3v) is 1.68. The number of nitrogens with two attached hydrogens (primary N) is 1. The Kier molecular flexibility index (Phi) is 5.72. The lowest BCUT2D eigenvalue weighted by atomic mass is 10.1. The van der Waals surface area contributed by atoms with Gasteiger partial charge in [-0.15, -0.1) is 0 Å². The largest absolute Gasteiger partial charge is 0.465 e. The molecule has 3 heteroatoms. The van der Waals surface area contributed by atoms with Gasteiger partial charge in [0.2, 0.25) is 0 Å². The van der Waals surface area contributed by atoms with Gasteiger partial charge in [0.05, 0.1) is 6.61 Å². The Morgan fingerprint density at radius 1 is 1.50 bits per heavy atom. The molecule has 0 saturated heterocycles. The molecule has 0 aromatic heterocycles. The van der Waals surface area contributed by atoms with Crippen LogP contribution < -0.4 is 5.73 Å². The van der Waals surface area contributed by atoms with Crippen LogP contribution in [0.4, 0.5) is 0 Å². The molecule has 12 heavy (non-hydrogen) atoms. The van der Waals surface area contributed by atoms with Crippen LogP contribution in [0.3, 0.4) is 0 Å². The second kappa shape index (κ2) is 6.00. The number of carbonyl (C=O) groups is 1. The molecule has 0 spiro atoms. The third kappa shape index (κ3) is 5.13. The summed E-state index contributed by atoms with van der Waals surface area (Å²) in [6, 6.07) is -0.447. The number of hydrogen-bond donors (Lipinski definition) is 1. The lowest BCUT2D eigenvalue weighted by molar-refractivity contribution is -0.145. The normalized spacial score (nSPS) is 13.1. The SMILES string of the molecule is CCC(N)C(=O)OCCC(C)C. The van der Waals surface area contributed by atoms with Crippen molar-refractivity contribution in [3.8, 4) is 0 Å². The summed E-state index contributed by atoms with van der Waals surface area (Å²) in [5, 5.41) is 0. The van der Waals surface area contributed by atoms with Crippen LogP contribution in [0.15, 0.2) is 0 Å². The molecule has 0 aliphatic carbocycles. The van der Waals surface area contributed by atoms with Crippen molar-refractivity contribution in [2.45, 2.75) is 39.7 Å². The molecule has 3 nitrogen and oxygen atoms in total. The highest BCUT2D eigenvalue weighted by Gasteiger charge is 2.11. The van der Waals surface area contributed by atoms with Gasteiger partial charge in [0.1, 0.15) is 6.04 Å². The van der Waals surface area contributed by atoms with Crippen molar-refractivity contribution in [2.24, 2.45) is 11.7 Å². The van der Waals surface area contributed by atoms with E-state index >= 15 is 0 Å². The van der Waals surface area contributed by atoms with Crippen LogP contribution in [0.25, 0.3) is 0 Å². The van der Waals surface area contributed by atoms with E-state index in [0.29, 0.717) is 18.9 Å². The Bertz CT molecular complexity index is 134. The summed E-state index contributed by atoms with van der Waals surface area (Å²) < 4.78 is 4.94. The molecule has 1 unspecified atom stereocenters. The standard InChI is InChI=1S/C9H19NO2/c1-4-8(10)9(11)12-6-5-7(2)3/h7-8H,4-6,10H2,1-3H3. The van der Waals surface area contributed by atoms with Crippen molar-refractivity contribution in [1.29, 1.82) is 0 Å². The molecule has 0 fully saturated rings. The number of carbonyl (C=O) groups excluding carboxylic acids is 1. The zero-order valence-electron chi connectivity index (χ0n) is 8.17. The molecular formula is C9H19NO2. The van der Waals surface area contributed by atoms with Gasteiger partial charge in [-0.2, -0.15) is 0 Å². The average molecular weight is 173 g/mol. The quantitative estimate of drug-likeness (QED) is 0.638. The van der Waals surface area contributed by atoms with Gasteiger partial charge in [0.15, 0.2) is 0 Å². The van der Waals surface area contributed by atoms with E-state index in [2.05, 4.69) is 13.8 Å². The number of rotatable bonds is 5. The van der Waals surface area contributed by atoms with Gasteiger partial charge in [-0.05, 0) is 18.8 Å². The summed E-state index contributed by atoms with van der Waals surface area (Å²) in [6.45, 7) is 6.54. The van der Waals surface area contributed by atoms with Gasteiger partial charge in [-0.1, -0.05) is 20.8 Å². The molecule has 0 rings (SSSR count). The van der Waals surface area contributed by atoms with E-state index in [0.717, 1.165) is 6.42 Å². The molecule has 0 amide bonds. The molecule has 0 aromatic rings. The second-order valence-corrected chi connectivity index (χ2v) is 3.36. The van der Waals surface area contributed by atoms with E-state index < -0.39 is 6.04 Å². The van der Waals surface area contributed by atoms with E-state index in [1.807, 2.05) is 6.92 Å². The summed E-state index contributed by atoms with van der Waals surface area (Å²) in [5.74, 6) is 0.286. The topological polar surface area (TPSA) is 52.3 Å². The van der Waals surface area contributed by atoms with Gasteiger partial charge in [-0.3, -0.25) is 4.79 Å². The van der Waals surface area contributed by atoms with Crippen LogP contribution in [0.5, 0.6) is 0 Å². The van der Waals surface area contributed by atoms with Crippen molar-refractivity contribution in [1.82, 2.24) is 0 Å². The first-order valence-electron chi connectivity index (χ1n) is 4.50. The van der Waals surface area contributed by atoms with Crippen molar-refractivity contribution in [2.75, 3.05) is 6.61 Å². The Hall–Kier alpha value is -0.570. The molecule has 0 saturated carbocycles. The molecule has 0 radical (unpaired) electrons. The summed E-state index contributed by atoms with van der Waals surface area (Å²) in [4.78, 5) is 11.0. The van der Waals surface area contributed by atoms with Crippen molar-refractivity contribution >= 4 is 5.97 Å². The minimum Gasteiger partial charge on any atom is -0.465 e. The maximum absolute atomic E-state index is 11.0. The Morgan fingerprint density at radius 2 is 2.08 bits per heavy atom. The molecule has 72 valence electrons. The predicted octanol–water partition coefficient (Wildman–Crippen LogP) is 1.31. The molecule has 0 bridgehead atoms. The first-order valence-corrected chi connectivity index (χ1v) is 4.50. The van der Waals surface area contributed by atoms with E-state index in [1.165, 1.54) is 0 Å². The number of ether oxygens (including phenoxy) is 1. The fourth-order valence-corrected chi connectivity index (χ4v) is 0.669. The highest BCUT2D eigenvalue weighted by Crippen LogP contribution is 2.00. The van der Waals surface area contributed by atoms with Crippen LogP contribution in [0.2, 0.25) is 0 Å². The van der Waals surface area contributed by atoms with Crippen molar-refractivity contribution in [3.63, 3.8) is 0 Å². The predicted molar refractivity (Wildman–Crippen MR) is 48.7 cm³/mol. The van der Waals surface area contributed by atoms with Gasteiger partial charge in [-0.25, -0.2) is 0 Å². The number of hydrogen-bond acceptors (Lipinski definition) is 3. The fourth-order valence-electron chi connectivity index (χ4n) is 0.669. The minimum absolute atomic E-state index is 0.279. The summed E-state index contributed by atoms with van der Waals surface area (Å²) in [6.07, 6.45) is 1.54. The average Bonchev–Trinajstić information content (AvgIpc) is 2.02. The van der Waals surface area contributed by atoms with Crippen molar-refractivity contribution < 1.29 is 9.53 Å². The molecule has 0 aromatic carbocycles. The third-order valence-electron chi connectivity index (χ3n) is 1.68. The molecule has 0 heterocycles. The summed E-state index contributed by atoms with van der Waals surface area (Å²) in [5.41, 5.74) is 5.46. The van der Waals surface area contributed by atoms with Crippen LogP contribution in [-0.2, 0) is 9.53 Å². The Balaban J connectivity index is 3.44. The van der Waals surface area contributed by atoms with Crippen LogP contribution >= 0.6 is 0 Å². The Labute approximate surface area is 74.3 Å². The smallest absolute Gasteiger partial charge is 0.322 e. The van der Waals surface area contributed by atoms with Crippen LogP contribution in [0, 0.1) is 5.92 Å². The maximum Gasteiger partial charge on any atom is 0.322 e. The maximum atomic E-state index is 11.0. The molecular weight excluding hydrogens is 154 g/mol. The highest BCUT2D eigenvalue weighted by molar-refractivity contribution is 5.75. The monoisotopic (exact) mass is 173 g/mol. The second-order valence-electron chi connectivity index (χ2n) is 3.36. The molecule has 0 aliphatic heterocycles. The number of esters is 1. The molecule has 2 N–H and O–H groups in total. The van der Waals surface area contributed by atoms with Gasteiger partial charge in [0.25, 0.3) is 0 Å². The zero-order valence-corrected chi connectivity index (χ0v) is 8.17. The molecule has 1 atom stereocenters. The summed E-state index contributed by atoms with van der Waals surface area (Å²) in [7, 11) is 0. The highest BCUT2D eigenvalue weighted by atomic mass is 16.5.